The molecule has 19 nitrogen and oxygen atoms in total. The summed E-state index contributed by atoms with van der Waals surface area (Å²) in [4.78, 5) is 25.2. The second-order valence-corrected chi connectivity index (χ2v) is 5.41. The normalized spacial score (nSPS) is 10.2. The molecule has 2 aromatic heterocycles. The first-order valence-corrected chi connectivity index (χ1v) is 8.65. The molecule has 0 atom stereocenters. The van der Waals surface area contributed by atoms with E-state index in [4.69, 9.17) is 47.2 Å². The lowest BCUT2D eigenvalue weighted by molar-refractivity contribution is 0.214. The Labute approximate surface area is 180 Å². The molecule has 180 valence electrons. The summed E-state index contributed by atoms with van der Waals surface area (Å²) in [5, 5.41) is 65.5. The van der Waals surface area contributed by atoms with Crippen molar-refractivity contribution in [1.29, 1.82) is 0 Å². The summed E-state index contributed by atoms with van der Waals surface area (Å²) in [5.41, 5.74) is 10.5. The summed E-state index contributed by atoms with van der Waals surface area (Å²) < 4.78 is 0. The van der Waals surface area contributed by atoms with E-state index in [9.17, 15) is 0 Å². The summed E-state index contributed by atoms with van der Waals surface area (Å²) in [6.07, 6.45) is 0. The van der Waals surface area contributed by atoms with Gasteiger partial charge in [0.2, 0.25) is 35.7 Å². The van der Waals surface area contributed by atoms with E-state index in [1.54, 1.807) is 0 Å². The van der Waals surface area contributed by atoms with Crippen LogP contribution in [0.4, 0.5) is 35.7 Å². The number of hydrogen-bond donors (Lipinski definition) is 10. The second kappa shape index (κ2) is 13.8. The van der Waals surface area contributed by atoms with Crippen LogP contribution in [0.5, 0.6) is 0 Å². The van der Waals surface area contributed by atoms with Gasteiger partial charge >= 0.3 is 0 Å². The molecule has 0 saturated heterocycles. The Hall–Kier alpha value is -3.46. The lowest BCUT2D eigenvalue weighted by Crippen LogP contribution is -2.34. The van der Waals surface area contributed by atoms with Crippen LogP contribution in [-0.4, -0.2) is 113 Å². The van der Waals surface area contributed by atoms with Gasteiger partial charge in [-0.05, 0) is 0 Å². The SMILES string of the molecule is Nc1nc(N)nc(NCO)n1.OCN(CO)c1nc(N(CO)CO)nc(N(CO)CO)n1. The number of aliphatic hydroxyl groups is 7. The van der Waals surface area contributed by atoms with Crippen molar-refractivity contribution >= 4 is 35.7 Å². The molecule has 12 N–H and O–H groups in total. The molecule has 32 heavy (non-hydrogen) atoms. The first-order chi connectivity index (χ1) is 15.4. The number of hydrogen-bond acceptors (Lipinski definition) is 19. The van der Waals surface area contributed by atoms with E-state index in [1.165, 1.54) is 0 Å². The number of aromatic nitrogens is 6. The van der Waals surface area contributed by atoms with Crippen molar-refractivity contribution in [2.24, 2.45) is 0 Å². The van der Waals surface area contributed by atoms with Crippen molar-refractivity contribution in [3.05, 3.63) is 0 Å². The average molecular weight is 462 g/mol. The molecule has 0 aliphatic heterocycles. The molecule has 0 fully saturated rings. The molecule has 19 heteroatoms. The Morgan fingerprint density at radius 3 is 1.09 bits per heavy atom. The number of anilines is 6. The predicted molar refractivity (Wildman–Crippen MR) is 109 cm³/mol. The van der Waals surface area contributed by atoms with Gasteiger partial charge in [-0.3, -0.25) is 14.7 Å². The number of nitrogen functional groups attached to an aromatic ring is 2. The Balaban J connectivity index is 0.000000389. The number of aliphatic hydroxyl groups excluding tert-OH is 7. The van der Waals surface area contributed by atoms with Crippen molar-refractivity contribution in [1.82, 2.24) is 29.9 Å². The van der Waals surface area contributed by atoms with Gasteiger partial charge in [-0.25, -0.2) is 0 Å². The molecule has 0 aliphatic carbocycles. The molecule has 0 radical (unpaired) electrons. The first-order valence-electron chi connectivity index (χ1n) is 8.65. The summed E-state index contributed by atoms with van der Waals surface area (Å²) in [7, 11) is 0. The number of nitrogens with zero attached hydrogens (tertiary/aromatic N) is 9. The molecule has 0 saturated carbocycles. The van der Waals surface area contributed by atoms with Gasteiger partial charge in [-0.15, -0.1) is 0 Å². The van der Waals surface area contributed by atoms with E-state index in [0.29, 0.717) is 0 Å². The number of nitrogens with one attached hydrogen (secondary N) is 1. The van der Waals surface area contributed by atoms with Crippen LogP contribution in [0.3, 0.4) is 0 Å². The third-order valence-electron chi connectivity index (χ3n) is 3.38. The van der Waals surface area contributed by atoms with Crippen LogP contribution in [0.1, 0.15) is 0 Å². The fraction of sp³-hybridized carbons (Fsp3) is 0.538. The van der Waals surface area contributed by atoms with Crippen molar-refractivity contribution in [2.45, 2.75) is 0 Å². The maximum absolute atomic E-state index is 9.11. The standard InChI is InChI=1S/C9H18N6O6.C4H8N6O/c16-1-13(2-17)7-10-8(14(3-18)4-19)12-9(11-7)15(5-20)6-21;5-2-8-3(6)10-4(9-2)7-1-11/h16-21H,1-6H2;11H,1H2,(H5,5,6,7,8,9,10). The zero-order chi connectivity index (χ0) is 24.1. The van der Waals surface area contributed by atoms with Crippen LogP contribution in [0, 0.1) is 0 Å². The van der Waals surface area contributed by atoms with E-state index >= 15 is 0 Å². The summed E-state index contributed by atoms with van der Waals surface area (Å²) in [6.45, 7) is -3.88. The van der Waals surface area contributed by atoms with Gasteiger partial charge in [-0.2, -0.15) is 29.9 Å². The quantitative estimate of drug-likeness (QED) is 0.139. The first kappa shape index (κ1) is 26.6. The molecular weight excluding hydrogens is 436 g/mol. The molecule has 2 rings (SSSR count). The topological polar surface area (TPSA) is 293 Å². The minimum atomic E-state index is -0.601. The van der Waals surface area contributed by atoms with Crippen LogP contribution in [0.15, 0.2) is 0 Å². The van der Waals surface area contributed by atoms with Crippen molar-refractivity contribution < 1.29 is 35.7 Å². The molecule has 2 aromatic rings. The van der Waals surface area contributed by atoms with Gasteiger partial charge in [-0.1, -0.05) is 0 Å². The maximum Gasteiger partial charge on any atom is 0.235 e. The predicted octanol–water partition coefficient (Wildman–Crippen LogP) is -5.61. The molecule has 0 aliphatic rings. The Kier molecular flexibility index (Phi) is 11.4. The zero-order valence-corrected chi connectivity index (χ0v) is 16.8. The molecule has 0 spiro atoms. The van der Waals surface area contributed by atoms with Gasteiger partial charge in [0.15, 0.2) is 0 Å². The largest absolute Gasteiger partial charge is 0.376 e. The minimum absolute atomic E-state index is 0.0217. The lowest BCUT2D eigenvalue weighted by Gasteiger charge is -2.24. The highest BCUT2D eigenvalue weighted by Gasteiger charge is 2.18. The van der Waals surface area contributed by atoms with E-state index in [0.717, 1.165) is 14.7 Å². The molecule has 0 unspecified atom stereocenters. The maximum atomic E-state index is 9.11. The average Bonchev–Trinajstić information content (AvgIpc) is 2.76. The monoisotopic (exact) mass is 462 g/mol. The third-order valence-corrected chi connectivity index (χ3v) is 3.38. The highest BCUT2D eigenvalue weighted by molar-refractivity contribution is 5.45. The highest BCUT2D eigenvalue weighted by atomic mass is 16.3. The molecule has 0 aromatic carbocycles. The Bertz CT molecular complexity index is 712. The van der Waals surface area contributed by atoms with Gasteiger partial charge in [0.1, 0.15) is 47.1 Å². The van der Waals surface area contributed by atoms with Gasteiger partial charge in [0, 0.05) is 0 Å². The Morgan fingerprint density at radius 2 is 0.844 bits per heavy atom. The third kappa shape index (κ3) is 7.66. The smallest absolute Gasteiger partial charge is 0.235 e. The molecular formula is C13H26N12O7. The van der Waals surface area contributed by atoms with E-state index in [2.05, 4.69) is 35.2 Å². The minimum Gasteiger partial charge on any atom is -0.376 e. The van der Waals surface area contributed by atoms with Crippen LogP contribution in [0.2, 0.25) is 0 Å². The highest BCUT2D eigenvalue weighted by Crippen LogP contribution is 2.18. The number of nitrogens with two attached hydrogens (primary N) is 2. The van der Waals surface area contributed by atoms with Crippen molar-refractivity contribution in [2.75, 3.05) is 78.6 Å². The molecule has 2 heterocycles. The van der Waals surface area contributed by atoms with Crippen LogP contribution in [-0.2, 0) is 0 Å². The van der Waals surface area contributed by atoms with Gasteiger partial charge in [0.25, 0.3) is 0 Å². The van der Waals surface area contributed by atoms with E-state index in [1.807, 2.05) is 0 Å². The van der Waals surface area contributed by atoms with Crippen molar-refractivity contribution in [3.63, 3.8) is 0 Å². The summed E-state index contributed by atoms with van der Waals surface area (Å²) >= 11 is 0. The van der Waals surface area contributed by atoms with Crippen LogP contribution < -0.4 is 31.5 Å². The van der Waals surface area contributed by atoms with Crippen LogP contribution >= 0.6 is 0 Å². The second-order valence-electron chi connectivity index (χ2n) is 5.41. The zero-order valence-electron chi connectivity index (χ0n) is 16.8. The van der Waals surface area contributed by atoms with Gasteiger partial charge < -0.3 is 52.5 Å². The molecule has 0 amide bonds. The fourth-order valence-corrected chi connectivity index (χ4v) is 1.84. The van der Waals surface area contributed by atoms with Crippen LogP contribution in [0.25, 0.3) is 0 Å². The fourth-order valence-electron chi connectivity index (χ4n) is 1.84. The molecule has 0 bridgehead atoms. The summed E-state index contributed by atoms with van der Waals surface area (Å²) in [6, 6.07) is 0. The summed E-state index contributed by atoms with van der Waals surface area (Å²) in [5.74, 6) is -0.296. The Morgan fingerprint density at radius 1 is 0.531 bits per heavy atom. The van der Waals surface area contributed by atoms with E-state index < -0.39 is 40.4 Å². The lowest BCUT2D eigenvalue weighted by atomic mass is 10.6. The van der Waals surface area contributed by atoms with E-state index in [-0.39, 0.29) is 42.4 Å². The van der Waals surface area contributed by atoms with Crippen molar-refractivity contribution in [3.8, 4) is 0 Å². The van der Waals surface area contributed by atoms with Gasteiger partial charge in [0.05, 0.1) is 0 Å². The number of rotatable bonds is 11.